The SMILES string of the molecule is CC(=O)C1CCCCN(CC(C)NC(=O)OC(C)(C)C)C1. The molecule has 0 spiro atoms. The van der Waals surface area contributed by atoms with Crippen LogP contribution in [-0.4, -0.2) is 48.1 Å². The minimum Gasteiger partial charge on any atom is -0.444 e. The lowest BCUT2D eigenvalue weighted by molar-refractivity contribution is -0.121. The Morgan fingerprint density at radius 2 is 2.00 bits per heavy atom. The van der Waals surface area contributed by atoms with E-state index < -0.39 is 5.60 Å². The van der Waals surface area contributed by atoms with Gasteiger partial charge >= 0.3 is 6.09 Å². The van der Waals surface area contributed by atoms with Gasteiger partial charge in [0.2, 0.25) is 0 Å². The van der Waals surface area contributed by atoms with E-state index in [1.54, 1.807) is 6.92 Å². The average molecular weight is 298 g/mol. The molecule has 1 heterocycles. The number of hydrogen-bond donors (Lipinski definition) is 1. The van der Waals surface area contributed by atoms with Gasteiger partial charge in [0, 0.05) is 25.0 Å². The van der Waals surface area contributed by atoms with E-state index in [0.717, 1.165) is 38.9 Å². The van der Waals surface area contributed by atoms with E-state index in [2.05, 4.69) is 10.2 Å². The van der Waals surface area contributed by atoms with Gasteiger partial charge in [-0.2, -0.15) is 0 Å². The predicted molar refractivity (Wildman–Crippen MR) is 83.3 cm³/mol. The third-order valence-corrected chi connectivity index (χ3v) is 3.63. The van der Waals surface area contributed by atoms with Crippen molar-refractivity contribution in [2.75, 3.05) is 19.6 Å². The van der Waals surface area contributed by atoms with Crippen LogP contribution in [0.1, 0.15) is 53.9 Å². The zero-order valence-electron chi connectivity index (χ0n) is 14.1. The Kier molecular flexibility index (Phi) is 6.65. The molecule has 0 aliphatic carbocycles. The van der Waals surface area contributed by atoms with Crippen LogP contribution in [0.4, 0.5) is 4.79 Å². The highest BCUT2D eigenvalue weighted by Crippen LogP contribution is 2.17. The number of carbonyl (C=O) groups excluding carboxylic acids is 2. The van der Waals surface area contributed by atoms with Crippen molar-refractivity contribution in [3.05, 3.63) is 0 Å². The summed E-state index contributed by atoms with van der Waals surface area (Å²) in [4.78, 5) is 25.6. The Morgan fingerprint density at radius 1 is 1.33 bits per heavy atom. The molecule has 0 aromatic rings. The van der Waals surface area contributed by atoms with E-state index >= 15 is 0 Å². The first kappa shape index (κ1) is 18.0. The summed E-state index contributed by atoms with van der Waals surface area (Å²) in [5.74, 6) is 0.413. The Labute approximate surface area is 128 Å². The maximum Gasteiger partial charge on any atom is 0.407 e. The van der Waals surface area contributed by atoms with Crippen LogP contribution < -0.4 is 5.32 Å². The molecule has 0 aromatic carbocycles. The summed E-state index contributed by atoms with van der Waals surface area (Å²) in [5.41, 5.74) is -0.480. The zero-order chi connectivity index (χ0) is 16.0. The van der Waals surface area contributed by atoms with Gasteiger partial charge < -0.3 is 15.0 Å². The molecule has 1 aliphatic heterocycles. The van der Waals surface area contributed by atoms with Crippen LogP contribution in [0, 0.1) is 5.92 Å². The lowest BCUT2D eigenvalue weighted by Gasteiger charge is -2.27. The summed E-state index contributed by atoms with van der Waals surface area (Å²) in [6.07, 6.45) is 2.82. The van der Waals surface area contributed by atoms with Crippen molar-refractivity contribution in [3.63, 3.8) is 0 Å². The summed E-state index contributed by atoms with van der Waals surface area (Å²) in [6, 6.07) is 0.00515. The van der Waals surface area contributed by atoms with E-state index in [-0.39, 0.29) is 23.8 Å². The topological polar surface area (TPSA) is 58.6 Å². The summed E-state index contributed by atoms with van der Waals surface area (Å²) < 4.78 is 5.26. The number of alkyl carbamates (subject to hydrolysis) is 1. The molecule has 5 nitrogen and oxygen atoms in total. The van der Waals surface area contributed by atoms with Gasteiger partial charge in [0.1, 0.15) is 11.4 Å². The predicted octanol–water partition coefficient (Wildman–Crippen LogP) is 2.59. The van der Waals surface area contributed by atoms with Gasteiger partial charge in [-0.3, -0.25) is 4.79 Å². The normalized spacial score (nSPS) is 22.2. The monoisotopic (exact) mass is 298 g/mol. The highest BCUT2D eigenvalue weighted by molar-refractivity contribution is 5.78. The average Bonchev–Trinajstić information content (AvgIpc) is 2.51. The van der Waals surface area contributed by atoms with E-state index in [0.29, 0.717) is 0 Å². The van der Waals surface area contributed by atoms with Gasteiger partial charge in [-0.25, -0.2) is 4.79 Å². The quantitative estimate of drug-likeness (QED) is 0.866. The second-order valence-electron chi connectivity index (χ2n) is 7.11. The number of amides is 1. The molecular weight excluding hydrogens is 268 g/mol. The zero-order valence-corrected chi connectivity index (χ0v) is 14.1. The standard InChI is InChI=1S/C16H30N2O3/c1-12(17-15(20)21-16(3,4)5)10-18-9-7-6-8-14(11-18)13(2)19/h12,14H,6-11H2,1-5H3,(H,17,20). The van der Waals surface area contributed by atoms with Gasteiger partial charge in [-0.05, 0) is 54.0 Å². The van der Waals surface area contributed by atoms with Crippen molar-refractivity contribution in [2.45, 2.75) is 65.5 Å². The van der Waals surface area contributed by atoms with Crippen LogP contribution in [0.2, 0.25) is 0 Å². The molecule has 2 atom stereocenters. The first-order valence-corrected chi connectivity index (χ1v) is 7.89. The molecule has 1 rings (SSSR count). The van der Waals surface area contributed by atoms with Crippen LogP contribution in [0.15, 0.2) is 0 Å². The second kappa shape index (κ2) is 7.78. The number of hydrogen-bond acceptors (Lipinski definition) is 4. The molecule has 0 saturated carbocycles. The highest BCUT2D eigenvalue weighted by Gasteiger charge is 2.23. The fourth-order valence-electron chi connectivity index (χ4n) is 2.66. The van der Waals surface area contributed by atoms with Crippen LogP contribution >= 0.6 is 0 Å². The minimum atomic E-state index is -0.480. The Morgan fingerprint density at radius 3 is 2.57 bits per heavy atom. The van der Waals surface area contributed by atoms with Gasteiger partial charge in [0.25, 0.3) is 0 Å². The number of ketones is 1. The Hall–Kier alpha value is -1.10. The third-order valence-electron chi connectivity index (χ3n) is 3.63. The number of nitrogens with one attached hydrogen (secondary N) is 1. The molecule has 0 aromatic heterocycles. The number of carbonyl (C=O) groups is 2. The molecule has 1 fully saturated rings. The van der Waals surface area contributed by atoms with Crippen LogP contribution in [0.25, 0.3) is 0 Å². The van der Waals surface area contributed by atoms with E-state index in [9.17, 15) is 9.59 Å². The van der Waals surface area contributed by atoms with Crippen molar-refractivity contribution in [1.29, 1.82) is 0 Å². The van der Waals surface area contributed by atoms with Crippen LogP contribution in [-0.2, 0) is 9.53 Å². The first-order valence-electron chi connectivity index (χ1n) is 7.89. The summed E-state index contributed by atoms with van der Waals surface area (Å²) in [6.45, 7) is 11.7. The molecule has 1 saturated heterocycles. The Bertz CT molecular complexity index is 363. The van der Waals surface area contributed by atoms with Crippen molar-refractivity contribution in [3.8, 4) is 0 Å². The van der Waals surface area contributed by atoms with E-state index in [1.807, 2.05) is 27.7 Å². The summed E-state index contributed by atoms with van der Waals surface area (Å²) in [5, 5.41) is 2.86. The molecule has 2 unspecified atom stereocenters. The third kappa shape index (κ3) is 7.46. The Balaban J connectivity index is 2.43. The minimum absolute atomic E-state index is 0.00515. The molecule has 1 aliphatic rings. The fraction of sp³-hybridized carbons (Fsp3) is 0.875. The van der Waals surface area contributed by atoms with Crippen LogP contribution in [0.3, 0.4) is 0 Å². The molecular formula is C16H30N2O3. The number of ether oxygens (including phenoxy) is 1. The number of Topliss-reactive ketones (excluding diaryl/α,β-unsaturated/α-hetero) is 1. The number of rotatable bonds is 4. The molecule has 1 amide bonds. The van der Waals surface area contributed by atoms with Gasteiger partial charge in [-0.1, -0.05) is 6.42 Å². The molecule has 122 valence electrons. The van der Waals surface area contributed by atoms with Gasteiger partial charge in [0.05, 0.1) is 0 Å². The number of likely N-dealkylation sites (tertiary alicyclic amines) is 1. The fourth-order valence-corrected chi connectivity index (χ4v) is 2.66. The second-order valence-corrected chi connectivity index (χ2v) is 7.11. The largest absolute Gasteiger partial charge is 0.444 e. The van der Waals surface area contributed by atoms with E-state index in [1.165, 1.54) is 0 Å². The van der Waals surface area contributed by atoms with Crippen molar-refractivity contribution in [2.24, 2.45) is 5.92 Å². The van der Waals surface area contributed by atoms with Gasteiger partial charge in [-0.15, -0.1) is 0 Å². The van der Waals surface area contributed by atoms with Crippen molar-refractivity contribution >= 4 is 11.9 Å². The van der Waals surface area contributed by atoms with E-state index in [4.69, 9.17) is 4.74 Å². The first-order chi connectivity index (χ1) is 9.67. The maximum atomic E-state index is 11.7. The molecule has 0 radical (unpaired) electrons. The molecule has 5 heteroatoms. The molecule has 21 heavy (non-hydrogen) atoms. The summed E-state index contributed by atoms with van der Waals surface area (Å²) in [7, 11) is 0. The molecule has 1 N–H and O–H groups in total. The maximum absolute atomic E-state index is 11.7. The summed E-state index contributed by atoms with van der Waals surface area (Å²) >= 11 is 0. The van der Waals surface area contributed by atoms with Crippen molar-refractivity contribution in [1.82, 2.24) is 10.2 Å². The smallest absolute Gasteiger partial charge is 0.407 e. The van der Waals surface area contributed by atoms with Crippen LogP contribution in [0.5, 0.6) is 0 Å². The number of nitrogens with zero attached hydrogens (tertiary/aromatic N) is 1. The lowest BCUT2D eigenvalue weighted by Crippen LogP contribution is -2.45. The highest BCUT2D eigenvalue weighted by atomic mass is 16.6. The molecule has 0 bridgehead atoms. The van der Waals surface area contributed by atoms with Gasteiger partial charge in [0.15, 0.2) is 0 Å². The van der Waals surface area contributed by atoms with Crippen molar-refractivity contribution < 1.29 is 14.3 Å². The lowest BCUT2D eigenvalue weighted by atomic mass is 9.99.